The van der Waals surface area contributed by atoms with E-state index < -0.39 is 5.38 Å². The molecule has 2 saturated carbocycles. The number of carbonyl (C=O) groups excluding carboxylic acids is 1. The van der Waals surface area contributed by atoms with Gasteiger partial charge in [0.25, 0.3) is 0 Å². The molecule has 0 bridgehead atoms. The van der Waals surface area contributed by atoms with Gasteiger partial charge in [0.2, 0.25) is 5.91 Å². The van der Waals surface area contributed by atoms with Gasteiger partial charge in [-0.3, -0.25) is 4.79 Å². The van der Waals surface area contributed by atoms with Crippen LogP contribution in [-0.2, 0) is 4.79 Å². The van der Waals surface area contributed by atoms with E-state index in [9.17, 15) is 4.79 Å². The topological polar surface area (TPSA) is 29.1 Å². The van der Waals surface area contributed by atoms with Crippen molar-refractivity contribution >= 4 is 17.5 Å². The molecule has 1 amide bonds. The molecule has 1 spiro atoms. The highest BCUT2D eigenvalue weighted by Gasteiger charge is 2.48. The predicted octanol–water partition coefficient (Wildman–Crippen LogP) is 2.45. The van der Waals surface area contributed by atoms with Crippen LogP contribution in [0, 0.1) is 5.41 Å². The zero-order valence-electron chi connectivity index (χ0n) is 8.68. The maximum atomic E-state index is 11.4. The maximum absolute atomic E-state index is 11.4. The standard InChI is InChI=1S/C11H18ClNO/c1-8(12)10(14)13-9-4-7-11(9)5-2-3-6-11/h8-9H,2-7H2,1H3,(H,13,14). The molecule has 1 N–H and O–H groups in total. The Kier molecular flexibility index (Phi) is 2.74. The molecule has 0 aromatic heterocycles. The summed E-state index contributed by atoms with van der Waals surface area (Å²) in [6.07, 6.45) is 7.72. The van der Waals surface area contributed by atoms with Crippen molar-refractivity contribution in [2.45, 2.75) is 56.9 Å². The summed E-state index contributed by atoms with van der Waals surface area (Å²) < 4.78 is 0. The normalized spacial score (nSPS) is 31.1. The van der Waals surface area contributed by atoms with Crippen molar-refractivity contribution < 1.29 is 4.79 Å². The number of halogens is 1. The number of nitrogens with one attached hydrogen (secondary N) is 1. The molecule has 80 valence electrons. The van der Waals surface area contributed by atoms with Gasteiger partial charge in [0.15, 0.2) is 0 Å². The van der Waals surface area contributed by atoms with E-state index in [1.807, 2.05) is 0 Å². The van der Waals surface area contributed by atoms with Crippen molar-refractivity contribution in [3.05, 3.63) is 0 Å². The summed E-state index contributed by atoms with van der Waals surface area (Å²) in [5, 5.41) is 2.68. The second-order valence-corrected chi connectivity index (χ2v) is 5.44. The first kappa shape index (κ1) is 10.3. The number of hydrogen-bond donors (Lipinski definition) is 1. The molecular weight excluding hydrogens is 198 g/mol. The summed E-state index contributed by atoms with van der Waals surface area (Å²) in [6.45, 7) is 1.73. The summed E-state index contributed by atoms with van der Waals surface area (Å²) in [5.74, 6) is 0.00245. The van der Waals surface area contributed by atoms with Crippen LogP contribution in [0.1, 0.15) is 45.4 Å². The highest BCUT2D eigenvalue weighted by molar-refractivity contribution is 6.30. The number of amides is 1. The monoisotopic (exact) mass is 215 g/mol. The van der Waals surface area contributed by atoms with E-state index in [1.54, 1.807) is 6.92 Å². The van der Waals surface area contributed by atoms with Crippen LogP contribution in [0.15, 0.2) is 0 Å². The van der Waals surface area contributed by atoms with Crippen LogP contribution in [-0.4, -0.2) is 17.3 Å². The SMILES string of the molecule is CC(Cl)C(=O)NC1CCC12CCCC2. The van der Waals surface area contributed by atoms with Crippen molar-refractivity contribution in [3.63, 3.8) is 0 Å². The van der Waals surface area contributed by atoms with Crippen LogP contribution in [0.3, 0.4) is 0 Å². The third-order valence-electron chi connectivity index (χ3n) is 3.95. The van der Waals surface area contributed by atoms with Gasteiger partial charge in [-0.2, -0.15) is 0 Å². The molecule has 2 aliphatic rings. The summed E-state index contributed by atoms with van der Waals surface area (Å²) in [6, 6.07) is 0.415. The number of alkyl halides is 1. The Morgan fingerprint density at radius 1 is 1.43 bits per heavy atom. The van der Waals surface area contributed by atoms with Crippen molar-refractivity contribution in [2.75, 3.05) is 0 Å². The molecule has 2 atom stereocenters. The summed E-state index contributed by atoms with van der Waals surface area (Å²) in [5.41, 5.74) is 0.460. The molecule has 3 heteroatoms. The van der Waals surface area contributed by atoms with Gasteiger partial charge < -0.3 is 5.32 Å². The average Bonchev–Trinajstić information content (AvgIpc) is 2.62. The lowest BCUT2D eigenvalue weighted by molar-refractivity contribution is -0.123. The Bertz CT molecular complexity index is 233. The van der Waals surface area contributed by atoms with E-state index in [4.69, 9.17) is 11.6 Å². The highest BCUT2D eigenvalue weighted by atomic mass is 35.5. The maximum Gasteiger partial charge on any atom is 0.238 e. The predicted molar refractivity (Wildman–Crippen MR) is 57.4 cm³/mol. The summed E-state index contributed by atoms with van der Waals surface area (Å²) in [4.78, 5) is 11.4. The van der Waals surface area contributed by atoms with Gasteiger partial charge in [-0.15, -0.1) is 11.6 Å². The van der Waals surface area contributed by atoms with Crippen LogP contribution in [0.25, 0.3) is 0 Å². The Morgan fingerprint density at radius 2 is 2.07 bits per heavy atom. The van der Waals surface area contributed by atoms with Gasteiger partial charge in [0.1, 0.15) is 5.38 Å². The van der Waals surface area contributed by atoms with Crippen LogP contribution >= 0.6 is 11.6 Å². The Morgan fingerprint density at radius 3 is 2.50 bits per heavy atom. The number of rotatable bonds is 2. The molecule has 2 nitrogen and oxygen atoms in total. The van der Waals surface area contributed by atoms with Gasteiger partial charge in [-0.05, 0) is 38.0 Å². The quantitative estimate of drug-likeness (QED) is 0.705. The molecule has 0 heterocycles. The second-order valence-electron chi connectivity index (χ2n) is 4.79. The van der Waals surface area contributed by atoms with Crippen LogP contribution < -0.4 is 5.32 Å². The first-order valence-corrected chi connectivity index (χ1v) is 6.02. The molecule has 2 fully saturated rings. The molecule has 14 heavy (non-hydrogen) atoms. The fourth-order valence-corrected chi connectivity index (χ4v) is 2.95. The minimum Gasteiger partial charge on any atom is -0.352 e. The van der Waals surface area contributed by atoms with Gasteiger partial charge in [0, 0.05) is 6.04 Å². The van der Waals surface area contributed by atoms with Crippen molar-refractivity contribution in [3.8, 4) is 0 Å². The van der Waals surface area contributed by atoms with Crippen molar-refractivity contribution in [2.24, 2.45) is 5.41 Å². The smallest absolute Gasteiger partial charge is 0.238 e. The number of carbonyl (C=O) groups is 1. The Labute approximate surface area is 90.4 Å². The minimum atomic E-state index is -0.394. The zero-order chi connectivity index (χ0) is 10.2. The molecule has 2 unspecified atom stereocenters. The Balaban J connectivity index is 1.90. The second kappa shape index (κ2) is 3.73. The van der Waals surface area contributed by atoms with Gasteiger partial charge >= 0.3 is 0 Å². The molecule has 0 aliphatic heterocycles. The minimum absolute atomic E-state index is 0.00245. The molecular formula is C11H18ClNO. The van der Waals surface area contributed by atoms with Gasteiger partial charge in [-0.25, -0.2) is 0 Å². The van der Waals surface area contributed by atoms with E-state index >= 15 is 0 Å². The van der Waals surface area contributed by atoms with E-state index in [0.717, 1.165) is 6.42 Å². The molecule has 2 aliphatic carbocycles. The first-order valence-electron chi connectivity index (χ1n) is 5.58. The van der Waals surface area contributed by atoms with Crippen LogP contribution in [0.4, 0.5) is 0 Å². The summed E-state index contributed by atoms with van der Waals surface area (Å²) >= 11 is 5.74. The van der Waals surface area contributed by atoms with Crippen LogP contribution in [0.2, 0.25) is 0 Å². The zero-order valence-corrected chi connectivity index (χ0v) is 9.44. The molecule has 0 radical (unpaired) electrons. The fourth-order valence-electron chi connectivity index (χ4n) is 2.89. The first-order chi connectivity index (χ1) is 6.64. The fraction of sp³-hybridized carbons (Fsp3) is 0.909. The average molecular weight is 216 g/mol. The molecule has 0 aromatic rings. The van der Waals surface area contributed by atoms with Crippen molar-refractivity contribution in [1.29, 1.82) is 0 Å². The van der Waals surface area contributed by atoms with Crippen molar-refractivity contribution in [1.82, 2.24) is 5.32 Å². The van der Waals surface area contributed by atoms with Crippen LogP contribution in [0.5, 0.6) is 0 Å². The number of hydrogen-bond acceptors (Lipinski definition) is 1. The van der Waals surface area contributed by atoms with Gasteiger partial charge in [0.05, 0.1) is 0 Å². The third-order valence-corrected chi connectivity index (χ3v) is 4.15. The third kappa shape index (κ3) is 1.65. The van der Waals surface area contributed by atoms with E-state index in [1.165, 1.54) is 32.1 Å². The van der Waals surface area contributed by atoms with E-state index in [0.29, 0.717) is 11.5 Å². The molecule has 0 saturated heterocycles. The summed E-state index contributed by atoms with van der Waals surface area (Å²) in [7, 11) is 0. The van der Waals surface area contributed by atoms with E-state index in [2.05, 4.69) is 5.32 Å². The lowest BCUT2D eigenvalue weighted by Crippen LogP contribution is -2.55. The Hall–Kier alpha value is -0.240. The lowest BCUT2D eigenvalue weighted by Gasteiger charge is -2.47. The highest BCUT2D eigenvalue weighted by Crippen LogP contribution is 2.53. The van der Waals surface area contributed by atoms with Gasteiger partial charge in [-0.1, -0.05) is 12.8 Å². The molecule has 0 aromatic carbocycles. The largest absolute Gasteiger partial charge is 0.352 e. The van der Waals surface area contributed by atoms with E-state index in [-0.39, 0.29) is 5.91 Å². The molecule has 2 rings (SSSR count). The lowest BCUT2D eigenvalue weighted by atomic mass is 9.63.